The minimum absolute atomic E-state index is 0.0655. The van der Waals surface area contributed by atoms with Crippen LogP contribution in [0.5, 0.6) is 0 Å². The quantitative estimate of drug-likeness (QED) is 0.755. The topological polar surface area (TPSA) is 53.6 Å². The van der Waals surface area contributed by atoms with Crippen molar-refractivity contribution in [3.8, 4) is 0 Å². The number of hydrogen-bond donors (Lipinski definition) is 2. The Morgan fingerprint density at radius 2 is 1.85 bits per heavy atom. The fourth-order valence-electron chi connectivity index (χ4n) is 2.99. The fourth-order valence-corrected chi connectivity index (χ4v) is 3.56. The Morgan fingerprint density at radius 1 is 1.15 bits per heavy atom. The minimum Gasteiger partial charge on any atom is -0.378 e. The predicted octanol–water partition coefficient (Wildman–Crippen LogP) is 4.12. The summed E-state index contributed by atoms with van der Waals surface area (Å²) in [5.74, 6) is -0.106. The highest BCUT2D eigenvalue weighted by Gasteiger charge is 2.13. The molecule has 0 spiro atoms. The van der Waals surface area contributed by atoms with Crippen LogP contribution in [0.25, 0.3) is 0 Å². The number of carbonyl (C=O) groups is 1. The van der Waals surface area contributed by atoms with Crippen LogP contribution in [0.15, 0.2) is 42.5 Å². The van der Waals surface area contributed by atoms with Gasteiger partial charge in [0.2, 0.25) is 5.91 Å². The van der Waals surface area contributed by atoms with E-state index < -0.39 is 0 Å². The molecule has 144 valence electrons. The standard InChI is InChI=1S/C20H23Cl2N3O2/c1-14(18-7-2-15(21)12-19(18)22)23-13-20(26)24-16-3-5-17(6-4-16)25-8-10-27-11-9-25/h2-7,12,14,23H,8-11,13H2,1H3,(H,24,26). The second-order valence-corrected chi connectivity index (χ2v) is 7.31. The van der Waals surface area contributed by atoms with E-state index in [4.69, 9.17) is 27.9 Å². The summed E-state index contributed by atoms with van der Waals surface area (Å²) < 4.78 is 5.37. The Morgan fingerprint density at radius 3 is 2.52 bits per heavy atom. The highest BCUT2D eigenvalue weighted by atomic mass is 35.5. The van der Waals surface area contributed by atoms with E-state index >= 15 is 0 Å². The molecule has 0 aromatic heterocycles. The monoisotopic (exact) mass is 407 g/mol. The van der Waals surface area contributed by atoms with Crippen molar-refractivity contribution in [2.75, 3.05) is 43.1 Å². The van der Waals surface area contributed by atoms with Gasteiger partial charge in [-0.15, -0.1) is 0 Å². The lowest BCUT2D eigenvalue weighted by Gasteiger charge is -2.28. The van der Waals surface area contributed by atoms with Crippen molar-refractivity contribution in [3.63, 3.8) is 0 Å². The Hall–Kier alpha value is -1.79. The molecule has 2 aromatic rings. The predicted molar refractivity (Wildman–Crippen MR) is 111 cm³/mol. The van der Waals surface area contributed by atoms with E-state index in [9.17, 15) is 4.79 Å². The number of hydrogen-bond acceptors (Lipinski definition) is 4. The highest BCUT2D eigenvalue weighted by Crippen LogP contribution is 2.26. The summed E-state index contributed by atoms with van der Waals surface area (Å²) in [6.07, 6.45) is 0. The van der Waals surface area contributed by atoms with Gasteiger partial charge in [0.25, 0.3) is 0 Å². The Kier molecular flexibility index (Phi) is 6.96. The van der Waals surface area contributed by atoms with Crippen molar-refractivity contribution in [2.24, 2.45) is 0 Å². The third-order valence-electron chi connectivity index (χ3n) is 4.53. The first kappa shape index (κ1) is 20.0. The second-order valence-electron chi connectivity index (χ2n) is 6.46. The normalized spacial score (nSPS) is 15.4. The van der Waals surface area contributed by atoms with Gasteiger partial charge in [-0.3, -0.25) is 4.79 Å². The van der Waals surface area contributed by atoms with Gasteiger partial charge in [-0.25, -0.2) is 0 Å². The molecule has 1 fully saturated rings. The molecule has 2 aromatic carbocycles. The van der Waals surface area contributed by atoms with Crippen LogP contribution in [0.4, 0.5) is 11.4 Å². The average Bonchev–Trinajstić information content (AvgIpc) is 2.67. The van der Waals surface area contributed by atoms with Crippen LogP contribution >= 0.6 is 23.2 Å². The van der Waals surface area contributed by atoms with Crippen molar-refractivity contribution in [2.45, 2.75) is 13.0 Å². The zero-order valence-corrected chi connectivity index (χ0v) is 16.7. The number of anilines is 2. The van der Waals surface area contributed by atoms with Crippen molar-refractivity contribution in [1.29, 1.82) is 0 Å². The number of amides is 1. The molecule has 1 unspecified atom stereocenters. The fraction of sp³-hybridized carbons (Fsp3) is 0.350. The first-order chi connectivity index (χ1) is 13.0. The summed E-state index contributed by atoms with van der Waals surface area (Å²) in [4.78, 5) is 14.5. The zero-order valence-electron chi connectivity index (χ0n) is 15.2. The molecule has 1 saturated heterocycles. The molecule has 0 aliphatic carbocycles. The van der Waals surface area contributed by atoms with Gasteiger partial charge in [0.1, 0.15) is 0 Å². The smallest absolute Gasteiger partial charge is 0.238 e. The first-order valence-corrected chi connectivity index (χ1v) is 9.69. The number of carbonyl (C=O) groups excluding carboxylic acids is 1. The van der Waals surface area contributed by atoms with E-state index in [0.29, 0.717) is 10.0 Å². The van der Waals surface area contributed by atoms with Gasteiger partial charge in [-0.1, -0.05) is 29.3 Å². The van der Waals surface area contributed by atoms with E-state index in [0.717, 1.165) is 43.2 Å². The van der Waals surface area contributed by atoms with Crippen LogP contribution in [0, 0.1) is 0 Å². The molecule has 5 nitrogen and oxygen atoms in total. The number of nitrogens with one attached hydrogen (secondary N) is 2. The van der Waals surface area contributed by atoms with Gasteiger partial charge in [-0.2, -0.15) is 0 Å². The van der Waals surface area contributed by atoms with E-state index in [-0.39, 0.29) is 18.5 Å². The maximum absolute atomic E-state index is 12.2. The van der Waals surface area contributed by atoms with Crippen molar-refractivity contribution in [1.82, 2.24) is 5.32 Å². The molecule has 1 aliphatic heterocycles. The number of halogens is 2. The van der Waals surface area contributed by atoms with E-state index in [1.807, 2.05) is 37.3 Å². The number of benzene rings is 2. The summed E-state index contributed by atoms with van der Waals surface area (Å²) >= 11 is 12.1. The van der Waals surface area contributed by atoms with Crippen LogP contribution < -0.4 is 15.5 Å². The van der Waals surface area contributed by atoms with Gasteiger partial charge >= 0.3 is 0 Å². The SMILES string of the molecule is CC(NCC(=O)Nc1ccc(N2CCOCC2)cc1)c1ccc(Cl)cc1Cl. The number of rotatable bonds is 6. The molecule has 0 bridgehead atoms. The maximum Gasteiger partial charge on any atom is 0.238 e. The van der Waals surface area contributed by atoms with E-state index in [1.54, 1.807) is 12.1 Å². The summed E-state index contributed by atoms with van der Waals surface area (Å²) in [6, 6.07) is 13.2. The zero-order chi connectivity index (χ0) is 19.2. The molecule has 0 saturated carbocycles. The third kappa shape index (κ3) is 5.59. The first-order valence-electron chi connectivity index (χ1n) is 8.94. The summed E-state index contributed by atoms with van der Waals surface area (Å²) in [5, 5.41) is 7.26. The van der Waals surface area contributed by atoms with Crippen molar-refractivity contribution < 1.29 is 9.53 Å². The van der Waals surface area contributed by atoms with Crippen molar-refractivity contribution in [3.05, 3.63) is 58.1 Å². The van der Waals surface area contributed by atoms with Gasteiger partial charge in [0, 0.05) is 40.6 Å². The van der Waals surface area contributed by atoms with Gasteiger partial charge in [0.15, 0.2) is 0 Å². The Labute approximate surface area is 169 Å². The highest BCUT2D eigenvalue weighted by molar-refractivity contribution is 6.35. The molecule has 27 heavy (non-hydrogen) atoms. The number of ether oxygens (including phenoxy) is 1. The molecule has 1 amide bonds. The van der Waals surface area contributed by atoms with Crippen LogP contribution in [0.1, 0.15) is 18.5 Å². The third-order valence-corrected chi connectivity index (χ3v) is 5.09. The molecule has 2 N–H and O–H groups in total. The van der Waals surface area contributed by atoms with E-state index in [2.05, 4.69) is 15.5 Å². The Bertz CT molecular complexity index is 777. The van der Waals surface area contributed by atoms with Gasteiger partial charge in [0.05, 0.1) is 19.8 Å². The maximum atomic E-state index is 12.2. The molecule has 1 aliphatic rings. The number of nitrogens with zero attached hydrogens (tertiary/aromatic N) is 1. The minimum atomic E-state index is -0.106. The van der Waals surface area contributed by atoms with E-state index in [1.165, 1.54) is 0 Å². The van der Waals surface area contributed by atoms with Crippen molar-refractivity contribution >= 4 is 40.5 Å². The molecule has 1 heterocycles. The molecular formula is C20H23Cl2N3O2. The number of morpholine rings is 1. The van der Waals surface area contributed by atoms with Crippen LogP contribution in [0.3, 0.4) is 0 Å². The van der Waals surface area contributed by atoms with Crippen LogP contribution in [0.2, 0.25) is 10.0 Å². The molecule has 3 rings (SSSR count). The van der Waals surface area contributed by atoms with Crippen LogP contribution in [-0.2, 0) is 9.53 Å². The lowest BCUT2D eigenvalue weighted by atomic mass is 10.1. The average molecular weight is 408 g/mol. The van der Waals surface area contributed by atoms with Gasteiger partial charge in [-0.05, 0) is 48.9 Å². The lowest BCUT2D eigenvalue weighted by molar-refractivity contribution is -0.115. The summed E-state index contributed by atoms with van der Waals surface area (Å²) in [5.41, 5.74) is 2.82. The van der Waals surface area contributed by atoms with Gasteiger partial charge < -0.3 is 20.3 Å². The summed E-state index contributed by atoms with van der Waals surface area (Å²) in [6.45, 7) is 5.42. The molecular weight excluding hydrogens is 385 g/mol. The molecule has 1 atom stereocenters. The summed E-state index contributed by atoms with van der Waals surface area (Å²) in [7, 11) is 0. The van der Waals surface area contributed by atoms with Crippen LogP contribution in [-0.4, -0.2) is 38.8 Å². The molecule has 0 radical (unpaired) electrons. The largest absolute Gasteiger partial charge is 0.378 e. The Balaban J connectivity index is 1.50. The molecule has 7 heteroatoms. The lowest BCUT2D eigenvalue weighted by Crippen LogP contribution is -2.36. The second kappa shape index (κ2) is 9.42.